The van der Waals surface area contributed by atoms with Crippen LogP contribution in [0.5, 0.6) is 0 Å². The molecule has 0 bridgehead atoms. The normalized spacial score (nSPS) is 16.0. The lowest BCUT2D eigenvalue weighted by Gasteiger charge is -2.33. The average molecular weight is 341 g/mol. The number of hydrogen-bond acceptors (Lipinski definition) is 6. The molecule has 8 heteroatoms. The molecule has 3 rings (SSSR count). The molecule has 1 aliphatic heterocycles. The molecule has 2 aromatic rings. The number of aromatic nitrogens is 3. The summed E-state index contributed by atoms with van der Waals surface area (Å²) in [4.78, 5) is 17.3. The summed E-state index contributed by atoms with van der Waals surface area (Å²) in [5, 5.41) is 5.05. The first-order chi connectivity index (χ1) is 11.7. The highest BCUT2D eigenvalue weighted by Gasteiger charge is 2.17. The first kappa shape index (κ1) is 16.4. The maximum atomic E-state index is 5.46. The van der Waals surface area contributed by atoms with E-state index >= 15 is 0 Å². The van der Waals surface area contributed by atoms with Crippen molar-refractivity contribution in [3.8, 4) is 0 Å². The molecule has 0 spiro atoms. The number of nitrogens with zero attached hydrogens (tertiary/aromatic N) is 6. The topological polar surface area (TPSA) is 69.5 Å². The summed E-state index contributed by atoms with van der Waals surface area (Å²) in [5.74, 6) is 0.505. The van der Waals surface area contributed by atoms with Gasteiger partial charge in [-0.2, -0.15) is 5.10 Å². The molecule has 0 atom stereocenters. The molecule has 1 fully saturated rings. The first-order valence-corrected chi connectivity index (χ1v) is 8.15. The van der Waals surface area contributed by atoms with Gasteiger partial charge >= 0.3 is 0 Å². The van der Waals surface area contributed by atoms with Crippen molar-refractivity contribution in [2.75, 3.05) is 33.2 Å². The first-order valence-electron chi connectivity index (χ1n) is 7.74. The third-order valence-corrected chi connectivity index (χ3v) is 4.09. The molecule has 0 aromatic carbocycles. The number of hydrogen-bond donors (Lipinski definition) is 1. The minimum Gasteiger partial charge on any atom is -0.345 e. The Morgan fingerprint density at radius 2 is 1.75 bits per heavy atom. The molecule has 0 aliphatic carbocycles. The highest BCUT2D eigenvalue weighted by Crippen LogP contribution is 2.04. The van der Waals surface area contributed by atoms with Gasteiger partial charge in [0.2, 0.25) is 0 Å². The second kappa shape index (κ2) is 7.89. The number of rotatable bonds is 3. The van der Waals surface area contributed by atoms with Crippen LogP contribution in [-0.4, -0.2) is 68.8 Å². The Morgan fingerprint density at radius 1 is 1.04 bits per heavy atom. The molecule has 1 saturated heterocycles. The van der Waals surface area contributed by atoms with E-state index in [1.54, 1.807) is 24.7 Å². The van der Waals surface area contributed by atoms with E-state index in [0.29, 0.717) is 22.3 Å². The van der Waals surface area contributed by atoms with Crippen LogP contribution >= 0.6 is 12.2 Å². The number of pyridine rings is 1. The Balaban J connectivity index is 1.78. The van der Waals surface area contributed by atoms with Crippen LogP contribution in [-0.2, 0) is 0 Å². The predicted molar refractivity (Wildman–Crippen MR) is 96.7 cm³/mol. The minimum atomic E-state index is 0.505. The lowest BCUT2D eigenvalue weighted by atomic mass is 10.2. The Hall–Kier alpha value is -2.45. The molecule has 0 amide bonds. The highest BCUT2D eigenvalue weighted by atomic mass is 32.1. The lowest BCUT2D eigenvalue weighted by Crippen LogP contribution is -2.49. The molecule has 24 heavy (non-hydrogen) atoms. The molecule has 1 N–H and O–H groups in total. The Labute approximate surface area is 146 Å². The minimum absolute atomic E-state index is 0.505. The van der Waals surface area contributed by atoms with Gasteiger partial charge in [-0.1, -0.05) is 6.07 Å². The third kappa shape index (κ3) is 4.09. The van der Waals surface area contributed by atoms with Crippen LogP contribution in [0.2, 0.25) is 0 Å². The molecule has 124 valence electrons. The van der Waals surface area contributed by atoms with Gasteiger partial charge in [-0.05, 0) is 37.5 Å². The van der Waals surface area contributed by atoms with Crippen LogP contribution in [0.25, 0.3) is 0 Å². The molecule has 0 unspecified atom stereocenters. The molecule has 7 nitrogen and oxygen atoms in total. The second-order valence-electron chi connectivity index (χ2n) is 5.46. The fraction of sp³-hybridized carbons (Fsp3) is 0.312. The summed E-state index contributed by atoms with van der Waals surface area (Å²) in [7, 11) is 2.11. The van der Waals surface area contributed by atoms with E-state index in [1.807, 2.05) is 18.2 Å². The maximum absolute atomic E-state index is 5.46. The molecule has 0 saturated carbocycles. The number of nitrogens with one attached hydrogen (secondary N) is 1. The van der Waals surface area contributed by atoms with Gasteiger partial charge in [-0.25, -0.2) is 9.97 Å². The SMILES string of the molecule is CN1CCN(C(=S)N/N=C(/c2ccccn2)c2ncccn2)CC1. The van der Waals surface area contributed by atoms with Crippen LogP contribution in [0.3, 0.4) is 0 Å². The smallest absolute Gasteiger partial charge is 0.189 e. The van der Waals surface area contributed by atoms with Crippen molar-refractivity contribution in [1.82, 2.24) is 30.2 Å². The Morgan fingerprint density at radius 3 is 2.42 bits per heavy atom. The van der Waals surface area contributed by atoms with Gasteiger partial charge in [0, 0.05) is 44.8 Å². The summed E-state index contributed by atoms with van der Waals surface area (Å²) in [6, 6.07) is 7.40. The molecular weight excluding hydrogens is 322 g/mol. The Bertz CT molecular complexity index is 655. The number of thiocarbonyl (C=S) groups is 1. The van der Waals surface area contributed by atoms with Gasteiger partial charge in [0.05, 0.1) is 5.69 Å². The third-order valence-electron chi connectivity index (χ3n) is 3.74. The van der Waals surface area contributed by atoms with E-state index < -0.39 is 0 Å². The summed E-state index contributed by atoms with van der Waals surface area (Å²) >= 11 is 5.46. The largest absolute Gasteiger partial charge is 0.345 e. The van der Waals surface area contributed by atoms with E-state index in [2.05, 4.69) is 42.3 Å². The zero-order valence-electron chi connectivity index (χ0n) is 13.5. The molecule has 1 aliphatic rings. The second-order valence-corrected chi connectivity index (χ2v) is 5.84. The lowest BCUT2D eigenvalue weighted by molar-refractivity contribution is 0.214. The van der Waals surface area contributed by atoms with Gasteiger partial charge in [0.15, 0.2) is 16.6 Å². The van der Waals surface area contributed by atoms with Gasteiger partial charge in [-0.15, -0.1) is 0 Å². The highest BCUT2D eigenvalue weighted by molar-refractivity contribution is 7.80. The van der Waals surface area contributed by atoms with Gasteiger partial charge in [0.25, 0.3) is 0 Å². The van der Waals surface area contributed by atoms with Crippen molar-refractivity contribution < 1.29 is 0 Å². The van der Waals surface area contributed by atoms with Crippen molar-refractivity contribution in [1.29, 1.82) is 0 Å². The average Bonchev–Trinajstić information content (AvgIpc) is 2.64. The van der Waals surface area contributed by atoms with Crippen LogP contribution in [0.1, 0.15) is 11.5 Å². The zero-order valence-corrected chi connectivity index (χ0v) is 14.3. The van der Waals surface area contributed by atoms with Crippen molar-refractivity contribution in [2.45, 2.75) is 0 Å². The van der Waals surface area contributed by atoms with Crippen LogP contribution in [0.15, 0.2) is 48.0 Å². The fourth-order valence-electron chi connectivity index (χ4n) is 2.33. The van der Waals surface area contributed by atoms with E-state index in [4.69, 9.17) is 12.2 Å². The summed E-state index contributed by atoms with van der Waals surface area (Å²) in [6.45, 7) is 3.75. The van der Waals surface area contributed by atoms with Crippen LogP contribution in [0, 0.1) is 0 Å². The van der Waals surface area contributed by atoms with Gasteiger partial charge < -0.3 is 9.80 Å². The predicted octanol–water partition coefficient (Wildman–Crippen LogP) is 0.746. The van der Waals surface area contributed by atoms with Crippen molar-refractivity contribution in [3.63, 3.8) is 0 Å². The summed E-state index contributed by atoms with van der Waals surface area (Å²) in [6.07, 6.45) is 5.08. The quantitative estimate of drug-likeness (QED) is 0.502. The Kier molecular flexibility index (Phi) is 5.39. The number of likely N-dealkylation sites (N-methyl/N-ethyl adjacent to an activating group) is 1. The zero-order chi connectivity index (χ0) is 16.8. The molecular formula is C16H19N7S. The molecule has 3 heterocycles. The number of hydrazone groups is 1. The van der Waals surface area contributed by atoms with E-state index in [9.17, 15) is 0 Å². The number of piperazine rings is 1. The van der Waals surface area contributed by atoms with E-state index in [-0.39, 0.29) is 0 Å². The summed E-state index contributed by atoms with van der Waals surface area (Å²) < 4.78 is 0. The summed E-state index contributed by atoms with van der Waals surface area (Å²) in [5.41, 5.74) is 4.23. The standard InChI is InChI=1S/C16H19N7S/c1-22-9-11-23(12-10-22)16(24)21-20-14(13-5-2-3-6-17-13)15-18-7-4-8-19-15/h2-8H,9-12H2,1H3,(H,21,24)/b20-14-. The van der Waals surface area contributed by atoms with E-state index in [1.165, 1.54) is 0 Å². The fourth-order valence-corrected chi connectivity index (χ4v) is 2.56. The molecule has 0 radical (unpaired) electrons. The molecule has 2 aromatic heterocycles. The monoisotopic (exact) mass is 341 g/mol. The van der Waals surface area contributed by atoms with Crippen molar-refractivity contribution in [3.05, 3.63) is 54.4 Å². The van der Waals surface area contributed by atoms with Crippen LogP contribution < -0.4 is 5.43 Å². The van der Waals surface area contributed by atoms with Crippen molar-refractivity contribution in [2.24, 2.45) is 5.10 Å². The van der Waals surface area contributed by atoms with Crippen molar-refractivity contribution >= 4 is 23.0 Å². The van der Waals surface area contributed by atoms with Gasteiger partial charge in [0.1, 0.15) is 0 Å². The van der Waals surface area contributed by atoms with E-state index in [0.717, 1.165) is 26.2 Å². The maximum Gasteiger partial charge on any atom is 0.189 e. The van der Waals surface area contributed by atoms with Gasteiger partial charge in [-0.3, -0.25) is 10.4 Å². The van der Waals surface area contributed by atoms with Crippen LogP contribution in [0.4, 0.5) is 0 Å².